The Morgan fingerprint density at radius 1 is 1.18 bits per heavy atom. The van der Waals surface area contributed by atoms with Crippen molar-refractivity contribution in [1.29, 1.82) is 0 Å². The molecule has 2 aromatic carbocycles. The number of amides is 1. The van der Waals surface area contributed by atoms with Gasteiger partial charge in [0.15, 0.2) is 0 Å². The third-order valence-corrected chi connectivity index (χ3v) is 4.99. The predicted molar refractivity (Wildman–Crippen MR) is 113 cm³/mol. The number of hydrogen-bond acceptors (Lipinski definition) is 4. The van der Waals surface area contributed by atoms with Crippen molar-refractivity contribution in [3.63, 3.8) is 0 Å². The summed E-state index contributed by atoms with van der Waals surface area (Å²) < 4.78 is 7.66. The van der Waals surface area contributed by atoms with Crippen LogP contribution in [-0.4, -0.2) is 22.1 Å². The van der Waals surface area contributed by atoms with Crippen LogP contribution >= 0.6 is 15.9 Å². The van der Waals surface area contributed by atoms with Crippen LogP contribution in [0.15, 0.2) is 64.1 Å². The first kappa shape index (κ1) is 19.8. The van der Waals surface area contributed by atoms with Crippen molar-refractivity contribution >= 4 is 27.5 Å². The molecule has 144 valence electrons. The molecule has 7 heteroatoms. The van der Waals surface area contributed by atoms with E-state index in [0.29, 0.717) is 18.0 Å². The third-order valence-electron chi connectivity index (χ3n) is 4.10. The van der Waals surface area contributed by atoms with Gasteiger partial charge in [-0.1, -0.05) is 15.9 Å². The minimum atomic E-state index is -0.292. The summed E-state index contributed by atoms with van der Waals surface area (Å²) in [6, 6.07) is 14.3. The maximum Gasteiger partial charge on any atom is 0.254 e. The highest BCUT2D eigenvalue weighted by molar-refractivity contribution is 9.10. The minimum absolute atomic E-state index is 0.107. The molecule has 0 saturated carbocycles. The van der Waals surface area contributed by atoms with Gasteiger partial charge in [0.2, 0.25) is 5.91 Å². The second-order valence-corrected chi connectivity index (χ2v) is 7.06. The molecule has 0 atom stereocenters. The number of nitrogens with one attached hydrogen (secondary N) is 1. The molecule has 1 aromatic heterocycles. The number of aromatic nitrogens is 2. The largest absolute Gasteiger partial charge is 0.494 e. The zero-order valence-electron chi connectivity index (χ0n) is 15.6. The Balaban J connectivity index is 1.70. The molecule has 0 aliphatic carbocycles. The van der Waals surface area contributed by atoms with Gasteiger partial charge in [-0.25, -0.2) is 4.98 Å². The van der Waals surface area contributed by atoms with E-state index < -0.39 is 0 Å². The van der Waals surface area contributed by atoms with Crippen molar-refractivity contribution in [2.75, 3.05) is 11.9 Å². The molecule has 0 radical (unpaired) electrons. The lowest BCUT2D eigenvalue weighted by Gasteiger charge is -2.09. The number of benzene rings is 2. The first-order chi connectivity index (χ1) is 13.5. The Labute approximate surface area is 171 Å². The quantitative estimate of drug-likeness (QED) is 0.626. The maximum atomic E-state index is 12.4. The van der Waals surface area contributed by atoms with Gasteiger partial charge in [-0.05, 0) is 61.9 Å². The van der Waals surface area contributed by atoms with Crippen molar-refractivity contribution in [3.05, 3.63) is 75.2 Å². The molecule has 0 aliphatic rings. The molecule has 3 aromatic rings. The summed E-state index contributed by atoms with van der Waals surface area (Å²) in [6.45, 7) is 4.34. The highest BCUT2D eigenvalue weighted by Crippen LogP contribution is 2.21. The van der Waals surface area contributed by atoms with Crippen LogP contribution in [0.3, 0.4) is 0 Å². The first-order valence-electron chi connectivity index (χ1n) is 8.82. The molecule has 6 nitrogen and oxygen atoms in total. The Hall–Kier alpha value is -2.93. The van der Waals surface area contributed by atoms with Crippen molar-refractivity contribution < 1.29 is 9.53 Å². The average Bonchev–Trinajstić information content (AvgIpc) is 2.67. The van der Waals surface area contributed by atoms with E-state index in [1.165, 1.54) is 17.0 Å². The number of aryl methyl sites for hydroxylation is 1. The highest BCUT2D eigenvalue weighted by Gasteiger charge is 2.08. The minimum Gasteiger partial charge on any atom is -0.494 e. The van der Waals surface area contributed by atoms with Crippen LogP contribution in [0.25, 0.3) is 11.3 Å². The van der Waals surface area contributed by atoms with Gasteiger partial charge in [0.05, 0.1) is 18.6 Å². The van der Waals surface area contributed by atoms with E-state index in [1.807, 2.05) is 50.2 Å². The molecule has 0 saturated heterocycles. The summed E-state index contributed by atoms with van der Waals surface area (Å²) in [5, 5.41) is 2.79. The molecular weight excluding hydrogens is 422 g/mol. The van der Waals surface area contributed by atoms with E-state index >= 15 is 0 Å². The van der Waals surface area contributed by atoms with Gasteiger partial charge in [0, 0.05) is 21.8 Å². The number of rotatable bonds is 6. The van der Waals surface area contributed by atoms with Crippen molar-refractivity contribution in [2.24, 2.45) is 0 Å². The van der Waals surface area contributed by atoms with Gasteiger partial charge < -0.3 is 10.1 Å². The molecule has 0 unspecified atom stereocenters. The van der Waals surface area contributed by atoms with Gasteiger partial charge in [-0.2, -0.15) is 0 Å². The van der Waals surface area contributed by atoms with Crippen molar-refractivity contribution in [3.8, 4) is 17.0 Å². The second-order valence-electron chi connectivity index (χ2n) is 6.21. The molecule has 28 heavy (non-hydrogen) atoms. The van der Waals surface area contributed by atoms with Crippen molar-refractivity contribution in [2.45, 2.75) is 20.4 Å². The second kappa shape index (κ2) is 8.84. The van der Waals surface area contributed by atoms with E-state index in [9.17, 15) is 9.59 Å². The number of halogens is 1. The fourth-order valence-corrected chi connectivity index (χ4v) is 2.92. The van der Waals surface area contributed by atoms with Crippen LogP contribution in [0.2, 0.25) is 0 Å². The van der Waals surface area contributed by atoms with Crippen LogP contribution in [0.4, 0.5) is 5.69 Å². The van der Waals surface area contributed by atoms with Crippen LogP contribution in [0, 0.1) is 6.92 Å². The van der Waals surface area contributed by atoms with Crippen LogP contribution < -0.4 is 15.6 Å². The van der Waals surface area contributed by atoms with Gasteiger partial charge in [-0.15, -0.1) is 0 Å². The smallest absolute Gasteiger partial charge is 0.254 e. The van der Waals surface area contributed by atoms with Gasteiger partial charge in [0.25, 0.3) is 5.56 Å². The molecule has 1 amide bonds. The fraction of sp³-hybridized carbons (Fsp3) is 0.190. The third kappa shape index (κ3) is 4.86. The lowest BCUT2D eigenvalue weighted by atomic mass is 10.1. The number of carbonyl (C=O) groups is 1. The summed E-state index contributed by atoms with van der Waals surface area (Å²) in [6.07, 6.45) is 1.39. The van der Waals surface area contributed by atoms with E-state index in [-0.39, 0.29) is 18.0 Å². The van der Waals surface area contributed by atoms with Gasteiger partial charge >= 0.3 is 0 Å². The van der Waals surface area contributed by atoms with E-state index in [2.05, 4.69) is 26.2 Å². The van der Waals surface area contributed by atoms with Crippen LogP contribution in [0.1, 0.15) is 12.5 Å². The average molecular weight is 442 g/mol. The molecule has 0 aliphatic heterocycles. The molecule has 0 fully saturated rings. The summed E-state index contributed by atoms with van der Waals surface area (Å²) >= 11 is 3.42. The number of carbonyl (C=O) groups excluding carboxylic acids is 1. The number of anilines is 1. The maximum absolute atomic E-state index is 12.4. The van der Waals surface area contributed by atoms with Crippen molar-refractivity contribution in [1.82, 2.24) is 9.55 Å². The van der Waals surface area contributed by atoms with Gasteiger partial charge in [-0.3, -0.25) is 14.2 Å². The first-order valence-corrected chi connectivity index (χ1v) is 9.61. The fourth-order valence-electron chi connectivity index (χ4n) is 2.67. The molecule has 0 spiro atoms. The number of hydrogen-bond donors (Lipinski definition) is 1. The zero-order chi connectivity index (χ0) is 20.1. The van der Waals surface area contributed by atoms with E-state index in [4.69, 9.17) is 4.74 Å². The highest BCUT2D eigenvalue weighted by atomic mass is 79.9. The zero-order valence-corrected chi connectivity index (χ0v) is 17.2. The lowest BCUT2D eigenvalue weighted by Crippen LogP contribution is -2.27. The van der Waals surface area contributed by atoms with E-state index in [0.717, 1.165) is 21.3 Å². The predicted octanol–water partition coefficient (Wildman–Crippen LogP) is 4.02. The Morgan fingerprint density at radius 3 is 2.57 bits per heavy atom. The summed E-state index contributed by atoms with van der Waals surface area (Å²) in [5.41, 5.74) is 2.76. The molecular formula is C21H20BrN3O3. The Bertz CT molecular complexity index is 1050. The summed E-state index contributed by atoms with van der Waals surface area (Å²) in [7, 11) is 0. The Morgan fingerprint density at radius 2 is 1.93 bits per heavy atom. The summed E-state index contributed by atoms with van der Waals surface area (Å²) in [4.78, 5) is 28.9. The molecule has 1 heterocycles. The lowest BCUT2D eigenvalue weighted by molar-refractivity contribution is -0.116. The number of ether oxygens (including phenoxy) is 1. The molecule has 3 rings (SSSR count). The normalized spacial score (nSPS) is 10.5. The SMILES string of the molecule is CCOc1ccc(-c2cc(=O)n(CC(=O)Nc3ccc(Br)c(C)c3)cn2)cc1. The van der Waals surface area contributed by atoms with Crippen LogP contribution in [-0.2, 0) is 11.3 Å². The van der Waals surface area contributed by atoms with Crippen LogP contribution in [0.5, 0.6) is 5.75 Å². The monoisotopic (exact) mass is 441 g/mol. The van der Waals surface area contributed by atoms with E-state index in [1.54, 1.807) is 6.07 Å². The summed E-state index contributed by atoms with van der Waals surface area (Å²) in [5.74, 6) is 0.471. The van der Waals surface area contributed by atoms with Gasteiger partial charge in [0.1, 0.15) is 12.3 Å². The Kier molecular flexibility index (Phi) is 6.26. The number of nitrogens with zero attached hydrogens (tertiary/aromatic N) is 2. The standard InChI is InChI=1S/C21H20BrN3O3/c1-3-28-17-7-4-15(5-8-17)19-11-21(27)25(13-23-19)12-20(26)24-16-6-9-18(22)14(2)10-16/h4-11,13H,3,12H2,1-2H3,(H,24,26). The topological polar surface area (TPSA) is 73.2 Å². The molecule has 0 bridgehead atoms. The molecule has 1 N–H and O–H groups in total.